The number of ether oxygens (including phenoxy) is 2. The highest BCUT2D eigenvalue weighted by atomic mass is 16.5. The lowest BCUT2D eigenvalue weighted by Crippen LogP contribution is -2.34. The molecule has 1 atom stereocenters. The maximum Gasteiger partial charge on any atom is 0.220 e. The van der Waals surface area contributed by atoms with Gasteiger partial charge in [-0.05, 0) is 49.8 Å². The van der Waals surface area contributed by atoms with E-state index >= 15 is 0 Å². The Morgan fingerprint density at radius 1 is 1.08 bits per heavy atom. The number of hydrogen-bond acceptors (Lipinski definition) is 4. The number of carbonyl (C=O) groups is 1. The van der Waals surface area contributed by atoms with E-state index in [-0.39, 0.29) is 11.9 Å². The lowest BCUT2D eigenvalue weighted by atomic mass is 10.1. The molecule has 2 rings (SSSR count). The van der Waals surface area contributed by atoms with Gasteiger partial charge in [0.15, 0.2) is 0 Å². The van der Waals surface area contributed by atoms with E-state index in [9.17, 15) is 4.79 Å². The molecular weight excluding hydrogens is 328 g/mol. The standard InChI is InChI=1S/C21H28N2O3/c1-23(2)19(16-8-6-5-7-9-16)15-22-21(24)13-10-17-14-18(25-3)11-12-20(17)26-4/h5-9,11-12,14,19H,10,13,15H2,1-4H3,(H,22,24). The van der Waals surface area contributed by atoms with Crippen LogP contribution in [0.1, 0.15) is 23.6 Å². The molecule has 0 saturated heterocycles. The van der Waals surface area contributed by atoms with E-state index in [4.69, 9.17) is 9.47 Å². The molecule has 0 aliphatic rings. The van der Waals surface area contributed by atoms with Crippen LogP contribution in [0.5, 0.6) is 11.5 Å². The van der Waals surface area contributed by atoms with Crippen LogP contribution in [0.25, 0.3) is 0 Å². The Bertz CT molecular complexity index is 702. The van der Waals surface area contributed by atoms with Gasteiger partial charge in [-0.25, -0.2) is 0 Å². The van der Waals surface area contributed by atoms with Crippen molar-refractivity contribution in [3.63, 3.8) is 0 Å². The summed E-state index contributed by atoms with van der Waals surface area (Å²) in [5.74, 6) is 1.56. The molecule has 140 valence electrons. The van der Waals surface area contributed by atoms with Crippen LogP contribution in [-0.4, -0.2) is 45.7 Å². The number of hydrogen-bond donors (Lipinski definition) is 1. The summed E-state index contributed by atoms with van der Waals surface area (Å²) in [4.78, 5) is 14.4. The van der Waals surface area contributed by atoms with Crippen molar-refractivity contribution in [2.45, 2.75) is 18.9 Å². The number of aryl methyl sites for hydroxylation is 1. The van der Waals surface area contributed by atoms with Crippen molar-refractivity contribution in [3.8, 4) is 11.5 Å². The molecule has 26 heavy (non-hydrogen) atoms. The van der Waals surface area contributed by atoms with Crippen molar-refractivity contribution in [3.05, 3.63) is 59.7 Å². The number of carbonyl (C=O) groups excluding carboxylic acids is 1. The molecule has 1 amide bonds. The molecular formula is C21H28N2O3. The normalized spacial score (nSPS) is 11.9. The van der Waals surface area contributed by atoms with E-state index in [1.54, 1.807) is 14.2 Å². The van der Waals surface area contributed by atoms with Crippen LogP contribution in [-0.2, 0) is 11.2 Å². The smallest absolute Gasteiger partial charge is 0.220 e. The number of likely N-dealkylation sites (N-methyl/N-ethyl adjacent to an activating group) is 1. The second-order valence-corrected chi connectivity index (χ2v) is 6.37. The van der Waals surface area contributed by atoms with Gasteiger partial charge in [-0.15, -0.1) is 0 Å². The number of rotatable bonds is 9. The highest BCUT2D eigenvalue weighted by Crippen LogP contribution is 2.25. The fraction of sp³-hybridized carbons (Fsp3) is 0.381. The van der Waals surface area contributed by atoms with Crippen molar-refractivity contribution >= 4 is 5.91 Å². The average molecular weight is 356 g/mol. The zero-order valence-electron chi connectivity index (χ0n) is 16.0. The molecule has 0 aromatic heterocycles. The van der Waals surface area contributed by atoms with Gasteiger partial charge in [0.25, 0.3) is 0 Å². The number of methoxy groups -OCH3 is 2. The van der Waals surface area contributed by atoms with Crippen LogP contribution in [0.2, 0.25) is 0 Å². The van der Waals surface area contributed by atoms with Crippen LogP contribution in [0.4, 0.5) is 0 Å². The molecule has 0 aliphatic heterocycles. The molecule has 1 N–H and O–H groups in total. The molecule has 0 spiro atoms. The molecule has 0 bridgehead atoms. The molecule has 5 heteroatoms. The minimum Gasteiger partial charge on any atom is -0.497 e. The van der Waals surface area contributed by atoms with Crippen LogP contribution < -0.4 is 14.8 Å². The monoisotopic (exact) mass is 356 g/mol. The van der Waals surface area contributed by atoms with Gasteiger partial charge in [0.1, 0.15) is 11.5 Å². The van der Waals surface area contributed by atoms with Gasteiger partial charge in [0, 0.05) is 13.0 Å². The molecule has 0 fully saturated rings. The van der Waals surface area contributed by atoms with Crippen molar-refractivity contribution in [1.29, 1.82) is 0 Å². The third kappa shape index (κ3) is 5.49. The highest BCUT2D eigenvalue weighted by Gasteiger charge is 2.15. The quantitative estimate of drug-likeness (QED) is 0.750. The molecule has 2 aromatic rings. The minimum atomic E-state index is 0.0256. The molecule has 0 radical (unpaired) electrons. The molecule has 1 unspecified atom stereocenters. The van der Waals surface area contributed by atoms with Crippen molar-refractivity contribution in [2.75, 3.05) is 34.9 Å². The Morgan fingerprint density at radius 3 is 2.42 bits per heavy atom. The zero-order valence-corrected chi connectivity index (χ0v) is 16.0. The van der Waals surface area contributed by atoms with Gasteiger partial charge in [-0.3, -0.25) is 4.79 Å². The Kier molecular flexibility index (Phi) is 7.48. The lowest BCUT2D eigenvalue weighted by molar-refractivity contribution is -0.121. The van der Waals surface area contributed by atoms with Gasteiger partial charge in [-0.1, -0.05) is 30.3 Å². The van der Waals surface area contributed by atoms with E-state index in [1.807, 2.05) is 50.5 Å². The van der Waals surface area contributed by atoms with E-state index in [1.165, 1.54) is 5.56 Å². The number of benzene rings is 2. The summed E-state index contributed by atoms with van der Waals surface area (Å²) >= 11 is 0. The van der Waals surface area contributed by atoms with Crippen LogP contribution >= 0.6 is 0 Å². The van der Waals surface area contributed by atoms with Crippen LogP contribution in [0.3, 0.4) is 0 Å². The average Bonchev–Trinajstić information content (AvgIpc) is 2.66. The summed E-state index contributed by atoms with van der Waals surface area (Å²) in [6.07, 6.45) is 1.00. The van der Waals surface area contributed by atoms with Gasteiger partial charge in [0.05, 0.1) is 20.3 Å². The van der Waals surface area contributed by atoms with Crippen molar-refractivity contribution in [2.24, 2.45) is 0 Å². The summed E-state index contributed by atoms with van der Waals surface area (Å²) in [6, 6.07) is 16.0. The predicted molar refractivity (Wildman–Crippen MR) is 104 cm³/mol. The first kappa shape index (κ1) is 19.8. The largest absolute Gasteiger partial charge is 0.497 e. The molecule has 2 aromatic carbocycles. The Balaban J connectivity index is 1.92. The van der Waals surface area contributed by atoms with Crippen LogP contribution in [0, 0.1) is 0 Å². The first-order chi connectivity index (χ1) is 12.5. The molecule has 0 aliphatic carbocycles. The summed E-state index contributed by atoms with van der Waals surface area (Å²) in [7, 11) is 7.30. The highest BCUT2D eigenvalue weighted by molar-refractivity contribution is 5.76. The second kappa shape index (κ2) is 9.82. The molecule has 0 heterocycles. The summed E-state index contributed by atoms with van der Waals surface area (Å²) < 4.78 is 10.6. The predicted octanol–water partition coefficient (Wildman–Crippen LogP) is 3.06. The number of nitrogens with zero attached hydrogens (tertiary/aromatic N) is 1. The van der Waals surface area contributed by atoms with Gasteiger partial charge >= 0.3 is 0 Å². The topological polar surface area (TPSA) is 50.8 Å². The van der Waals surface area contributed by atoms with Gasteiger partial charge < -0.3 is 19.7 Å². The fourth-order valence-corrected chi connectivity index (χ4v) is 2.90. The zero-order chi connectivity index (χ0) is 18.9. The van der Waals surface area contributed by atoms with E-state index < -0.39 is 0 Å². The van der Waals surface area contributed by atoms with Crippen molar-refractivity contribution < 1.29 is 14.3 Å². The Morgan fingerprint density at radius 2 is 1.81 bits per heavy atom. The number of amides is 1. The van der Waals surface area contributed by atoms with Gasteiger partial charge in [-0.2, -0.15) is 0 Å². The summed E-state index contributed by atoms with van der Waals surface area (Å²) in [6.45, 7) is 0.574. The first-order valence-electron chi connectivity index (χ1n) is 8.74. The maximum atomic E-state index is 12.3. The third-order valence-electron chi connectivity index (χ3n) is 4.41. The molecule has 0 saturated carbocycles. The van der Waals surface area contributed by atoms with Crippen LogP contribution in [0.15, 0.2) is 48.5 Å². The third-order valence-corrected chi connectivity index (χ3v) is 4.41. The van der Waals surface area contributed by atoms with E-state index in [2.05, 4.69) is 22.3 Å². The summed E-state index contributed by atoms with van der Waals surface area (Å²) in [5.41, 5.74) is 2.15. The Labute approximate surface area is 155 Å². The SMILES string of the molecule is COc1ccc(OC)c(CCC(=O)NCC(c2ccccc2)N(C)C)c1. The van der Waals surface area contributed by atoms with Gasteiger partial charge in [0.2, 0.25) is 5.91 Å². The fourth-order valence-electron chi connectivity index (χ4n) is 2.90. The lowest BCUT2D eigenvalue weighted by Gasteiger charge is -2.25. The van der Waals surface area contributed by atoms with E-state index in [0.29, 0.717) is 19.4 Å². The molecule has 5 nitrogen and oxygen atoms in total. The Hall–Kier alpha value is -2.53. The number of nitrogens with one attached hydrogen (secondary N) is 1. The summed E-state index contributed by atoms with van der Waals surface area (Å²) in [5, 5.41) is 3.05. The van der Waals surface area contributed by atoms with E-state index in [0.717, 1.165) is 17.1 Å². The first-order valence-corrected chi connectivity index (χ1v) is 8.74. The maximum absolute atomic E-state index is 12.3. The second-order valence-electron chi connectivity index (χ2n) is 6.37. The van der Waals surface area contributed by atoms with Crippen molar-refractivity contribution in [1.82, 2.24) is 10.2 Å². The minimum absolute atomic E-state index is 0.0256.